The second-order valence-corrected chi connectivity index (χ2v) is 7.57. The van der Waals surface area contributed by atoms with Gasteiger partial charge in [0.2, 0.25) is 0 Å². The highest BCUT2D eigenvalue weighted by atomic mass is 32.1. The quantitative estimate of drug-likeness (QED) is 0.618. The molecule has 0 aliphatic heterocycles. The molecule has 28 heavy (non-hydrogen) atoms. The largest absolute Gasteiger partial charge is 0.461 e. The van der Waals surface area contributed by atoms with E-state index < -0.39 is 12.0 Å². The number of imidazole rings is 1. The number of nitrogens with one attached hydrogen (secondary N) is 1. The van der Waals surface area contributed by atoms with Crippen molar-refractivity contribution >= 4 is 23.2 Å². The molecule has 0 saturated heterocycles. The number of thiazole rings is 1. The van der Waals surface area contributed by atoms with E-state index in [0.29, 0.717) is 10.6 Å². The maximum absolute atomic E-state index is 12.9. The van der Waals surface area contributed by atoms with Crippen LogP contribution in [-0.2, 0) is 16.1 Å². The zero-order chi connectivity index (χ0) is 20.1. The summed E-state index contributed by atoms with van der Waals surface area (Å²) in [6.07, 6.45) is 4.66. The number of ether oxygens (including phenoxy) is 1. The van der Waals surface area contributed by atoms with E-state index in [1.54, 1.807) is 44.1 Å². The third kappa shape index (κ3) is 4.83. The lowest BCUT2D eigenvalue weighted by Crippen LogP contribution is -2.45. The zero-order valence-electron chi connectivity index (χ0n) is 16.0. The molecule has 0 unspecified atom stereocenters. The second-order valence-electron chi connectivity index (χ2n) is 6.57. The average molecular weight is 398 g/mol. The van der Waals surface area contributed by atoms with Gasteiger partial charge in [-0.25, -0.2) is 14.8 Å². The number of esters is 1. The van der Waals surface area contributed by atoms with Crippen molar-refractivity contribution in [3.63, 3.8) is 0 Å². The highest BCUT2D eigenvalue weighted by Gasteiger charge is 2.26. The predicted octanol–water partition coefficient (Wildman–Crippen LogP) is 3.07. The molecule has 7 nitrogen and oxygen atoms in total. The fourth-order valence-electron chi connectivity index (χ4n) is 2.63. The first kappa shape index (κ1) is 19.8. The van der Waals surface area contributed by atoms with E-state index in [4.69, 9.17) is 4.74 Å². The summed E-state index contributed by atoms with van der Waals surface area (Å²) in [6.45, 7) is 5.57. The summed E-state index contributed by atoms with van der Waals surface area (Å²) >= 11 is 1.30. The molecular weight excluding hydrogens is 376 g/mol. The van der Waals surface area contributed by atoms with Crippen LogP contribution in [0.25, 0.3) is 10.6 Å². The van der Waals surface area contributed by atoms with E-state index in [0.717, 1.165) is 10.6 Å². The maximum Gasteiger partial charge on any atom is 0.330 e. The summed E-state index contributed by atoms with van der Waals surface area (Å²) in [7, 11) is 0. The summed E-state index contributed by atoms with van der Waals surface area (Å²) in [4.78, 5) is 34.3. The Hall–Kier alpha value is -3.00. The third-order valence-corrected chi connectivity index (χ3v) is 5.12. The van der Waals surface area contributed by atoms with Gasteiger partial charge in [0.1, 0.15) is 15.9 Å². The average Bonchev–Trinajstić information content (AvgIpc) is 3.31. The van der Waals surface area contributed by atoms with Crippen LogP contribution in [0.2, 0.25) is 0 Å². The van der Waals surface area contributed by atoms with Gasteiger partial charge in [0.05, 0.1) is 24.7 Å². The van der Waals surface area contributed by atoms with Crippen LogP contribution >= 0.6 is 11.3 Å². The number of carbonyl (C=O) groups is 2. The molecule has 146 valence electrons. The smallest absolute Gasteiger partial charge is 0.330 e. The van der Waals surface area contributed by atoms with Crippen molar-refractivity contribution in [2.75, 3.05) is 0 Å². The number of hydrogen-bond donors (Lipinski definition) is 1. The van der Waals surface area contributed by atoms with E-state index in [1.807, 2.05) is 30.3 Å². The highest BCUT2D eigenvalue weighted by molar-refractivity contribution is 7.17. The zero-order valence-corrected chi connectivity index (χ0v) is 16.8. The van der Waals surface area contributed by atoms with Crippen molar-refractivity contribution in [2.45, 2.75) is 39.5 Å². The summed E-state index contributed by atoms with van der Waals surface area (Å²) in [5.74, 6) is -0.828. The highest BCUT2D eigenvalue weighted by Crippen LogP contribution is 2.27. The molecule has 0 spiro atoms. The van der Waals surface area contributed by atoms with Crippen LogP contribution < -0.4 is 5.32 Å². The van der Waals surface area contributed by atoms with Gasteiger partial charge < -0.3 is 14.6 Å². The van der Waals surface area contributed by atoms with E-state index in [9.17, 15) is 9.59 Å². The SMILES string of the molecule is Cc1nc(-c2ccccc2)sc1C(=O)N[C@@H](Cn1ccnc1)C(=O)OC(C)C. The third-order valence-electron chi connectivity index (χ3n) is 3.92. The molecule has 0 radical (unpaired) electrons. The molecule has 1 atom stereocenters. The standard InChI is InChI=1S/C20H22N4O3S/c1-13(2)27-20(26)16(11-24-10-9-21-12-24)23-18(25)17-14(3)22-19(28-17)15-7-5-4-6-8-15/h4-10,12-13,16H,11H2,1-3H3,(H,23,25)/t16-/m0/s1. The van der Waals surface area contributed by atoms with E-state index >= 15 is 0 Å². The Morgan fingerprint density at radius 2 is 2.00 bits per heavy atom. The Labute approximate surface area is 167 Å². The van der Waals surface area contributed by atoms with Crippen molar-refractivity contribution in [3.8, 4) is 10.6 Å². The molecular formula is C20H22N4O3S. The predicted molar refractivity (Wildman–Crippen MR) is 107 cm³/mol. The van der Waals surface area contributed by atoms with Gasteiger partial charge in [-0.2, -0.15) is 0 Å². The normalized spacial score (nSPS) is 12.0. The van der Waals surface area contributed by atoms with Crippen LogP contribution in [0.1, 0.15) is 29.2 Å². The van der Waals surface area contributed by atoms with Gasteiger partial charge in [-0.1, -0.05) is 30.3 Å². The van der Waals surface area contributed by atoms with Gasteiger partial charge >= 0.3 is 5.97 Å². The number of carbonyl (C=O) groups excluding carboxylic acids is 2. The number of hydrogen-bond acceptors (Lipinski definition) is 6. The molecule has 2 aromatic heterocycles. The number of aryl methyl sites for hydroxylation is 1. The lowest BCUT2D eigenvalue weighted by molar-refractivity contribution is -0.150. The number of aromatic nitrogens is 3. The Kier molecular flexibility index (Phi) is 6.20. The van der Waals surface area contributed by atoms with Crippen LogP contribution in [0, 0.1) is 6.92 Å². The first-order valence-corrected chi connectivity index (χ1v) is 9.75. The molecule has 1 amide bonds. The van der Waals surface area contributed by atoms with Crippen molar-refractivity contribution in [3.05, 3.63) is 59.6 Å². The number of rotatable bonds is 7. The van der Waals surface area contributed by atoms with Crippen molar-refractivity contribution in [1.82, 2.24) is 19.9 Å². The van der Waals surface area contributed by atoms with Crippen molar-refractivity contribution in [2.24, 2.45) is 0 Å². The number of amides is 1. The van der Waals surface area contributed by atoms with Gasteiger partial charge in [-0.05, 0) is 20.8 Å². The van der Waals surface area contributed by atoms with Gasteiger partial charge in [0, 0.05) is 18.0 Å². The Morgan fingerprint density at radius 1 is 1.25 bits per heavy atom. The summed E-state index contributed by atoms with van der Waals surface area (Å²) < 4.78 is 7.03. The van der Waals surface area contributed by atoms with Gasteiger partial charge in [-0.3, -0.25) is 4.79 Å². The number of benzene rings is 1. The molecule has 0 aliphatic rings. The number of nitrogens with zero attached hydrogens (tertiary/aromatic N) is 3. The summed E-state index contributed by atoms with van der Waals surface area (Å²) in [6, 6.07) is 8.84. The fourth-order valence-corrected chi connectivity index (χ4v) is 3.61. The minimum Gasteiger partial charge on any atom is -0.461 e. The van der Waals surface area contributed by atoms with Gasteiger partial charge in [0.15, 0.2) is 0 Å². The molecule has 0 fully saturated rings. The molecule has 0 aliphatic carbocycles. The molecule has 1 aromatic carbocycles. The van der Waals surface area contributed by atoms with Gasteiger partial charge in [0.25, 0.3) is 5.91 Å². The van der Waals surface area contributed by atoms with Crippen LogP contribution in [0.5, 0.6) is 0 Å². The first-order chi connectivity index (χ1) is 13.4. The summed E-state index contributed by atoms with van der Waals surface area (Å²) in [5, 5.41) is 3.55. The van der Waals surface area contributed by atoms with Crippen molar-refractivity contribution < 1.29 is 14.3 Å². The first-order valence-electron chi connectivity index (χ1n) is 8.94. The Balaban J connectivity index is 1.79. The van der Waals surface area contributed by atoms with Crippen LogP contribution in [0.15, 0.2) is 49.1 Å². The fraction of sp³-hybridized carbons (Fsp3) is 0.300. The van der Waals surface area contributed by atoms with Crippen molar-refractivity contribution in [1.29, 1.82) is 0 Å². The van der Waals surface area contributed by atoms with Crippen LogP contribution in [0.3, 0.4) is 0 Å². The molecule has 0 bridgehead atoms. The van der Waals surface area contributed by atoms with Crippen LogP contribution in [-0.4, -0.2) is 38.6 Å². The minimum absolute atomic E-state index is 0.237. The monoisotopic (exact) mass is 398 g/mol. The van der Waals surface area contributed by atoms with E-state index in [1.165, 1.54) is 11.3 Å². The Bertz CT molecular complexity index is 936. The lowest BCUT2D eigenvalue weighted by atomic mass is 10.2. The van der Waals surface area contributed by atoms with E-state index in [2.05, 4.69) is 15.3 Å². The molecule has 3 rings (SSSR count). The maximum atomic E-state index is 12.9. The van der Waals surface area contributed by atoms with Crippen LogP contribution in [0.4, 0.5) is 0 Å². The molecule has 8 heteroatoms. The topological polar surface area (TPSA) is 86.1 Å². The lowest BCUT2D eigenvalue weighted by Gasteiger charge is -2.19. The van der Waals surface area contributed by atoms with E-state index in [-0.39, 0.29) is 18.6 Å². The summed E-state index contributed by atoms with van der Waals surface area (Å²) in [5.41, 5.74) is 1.57. The molecule has 1 N–H and O–H groups in total. The minimum atomic E-state index is -0.828. The molecule has 3 aromatic rings. The molecule has 0 saturated carbocycles. The molecule has 2 heterocycles. The second kappa shape index (κ2) is 8.79. The van der Waals surface area contributed by atoms with Gasteiger partial charge in [-0.15, -0.1) is 11.3 Å². The Morgan fingerprint density at radius 3 is 2.64 bits per heavy atom.